The van der Waals surface area contributed by atoms with Gasteiger partial charge in [0.05, 0.1) is 10.5 Å². The lowest BCUT2D eigenvalue weighted by atomic mass is 10.2. The molecule has 3 rings (SSSR count). The standard InChI is InChI=1S/C17H21F3N4O4S2/c1-13-21-16(12-22(13)2)30(27,28)24-8-4-7-23(9-10-24)29(25,26)15-6-3-5-14(11-15)17(18,19)20/h3,5-6,11-12H,4,7-10H2,1-2H3. The highest BCUT2D eigenvalue weighted by atomic mass is 32.2. The number of halogens is 3. The van der Waals surface area contributed by atoms with Crippen molar-refractivity contribution in [3.05, 3.63) is 41.9 Å². The van der Waals surface area contributed by atoms with Gasteiger partial charge in [-0.2, -0.15) is 21.8 Å². The Bertz CT molecular complexity index is 1120. The number of imidazole rings is 1. The Kier molecular flexibility index (Phi) is 6.02. The van der Waals surface area contributed by atoms with Gasteiger partial charge in [0.25, 0.3) is 10.0 Å². The van der Waals surface area contributed by atoms with E-state index in [1.54, 1.807) is 18.5 Å². The van der Waals surface area contributed by atoms with Crippen LogP contribution in [0.3, 0.4) is 0 Å². The molecule has 1 aliphatic rings. The lowest BCUT2D eigenvalue weighted by molar-refractivity contribution is -0.137. The third-order valence-electron chi connectivity index (χ3n) is 4.90. The maximum absolute atomic E-state index is 12.9. The van der Waals surface area contributed by atoms with Crippen molar-refractivity contribution in [1.82, 2.24) is 18.2 Å². The zero-order valence-electron chi connectivity index (χ0n) is 16.3. The first-order valence-electron chi connectivity index (χ1n) is 9.01. The molecule has 0 spiro atoms. The molecule has 30 heavy (non-hydrogen) atoms. The van der Waals surface area contributed by atoms with E-state index in [1.165, 1.54) is 6.20 Å². The third kappa shape index (κ3) is 4.38. The number of rotatable bonds is 4. The lowest BCUT2D eigenvalue weighted by Gasteiger charge is -2.21. The number of aromatic nitrogens is 2. The minimum atomic E-state index is -4.67. The summed E-state index contributed by atoms with van der Waals surface area (Å²) < 4.78 is 94.0. The van der Waals surface area contributed by atoms with Crippen LogP contribution in [-0.4, -0.2) is 61.2 Å². The summed E-state index contributed by atoms with van der Waals surface area (Å²) in [5.74, 6) is 0.511. The van der Waals surface area contributed by atoms with Crippen LogP contribution in [0.15, 0.2) is 40.4 Å². The number of aryl methyl sites for hydroxylation is 2. The topological polar surface area (TPSA) is 92.6 Å². The Morgan fingerprint density at radius 1 is 0.967 bits per heavy atom. The first-order valence-corrected chi connectivity index (χ1v) is 11.9. The minimum absolute atomic E-state index is 0.00809. The molecule has 0 aliphatic carbocycles. The van der Waals surface area contributed by atoms with Crippen LogP contribution in [0.25, 0.3) is 0 Å². The molecule has 0 unspecified atom stereocenters. The van der Waals surface area contributed by atoms with Crippen LogP contribution < -0.4 is 0 Å². The van der Waals surface area contributed by atoms with E-state index in [2.05, 4.69) is 4.98 Å². The van der Waals surface area contributed by atoms with Crippen molar-refractivity contribution in [3.63, 3.8) is 0 Å². The van der Waals surface area contributed by atoms with E-state index in [4.69, 9.17) is 0 Å². The molecule has 0 N–H and O–H groups in total. The van der Waals surface area contributed by atoms with Gasteiger partial charge in [-0.25, -0.2) is 21.8 Å². The summed E-state index contributed by atoms with van der Waals surface area (Å²) >= 11 is 0. The zero-order chi connectivity index (χ0) is 22.3. The molecule has 0 saturated carbocycles. The van der Waals surface area contributed by atoms with Crippen LogP contribution in [0.5, 0.6) is 0 Å². The molecule has 13 heteroatoms. The van der Waals surface area contributed by atoms with Gasteiger partial charge in [-0.3, -0.25) is 0 Å². The Morgan fingerprint density at radius 2 is 1.57 bits per heavy atom. The third-order valence-corrected chi connectivity index (χ3v) is 8.57. The van der Waals surface area contributed by atoms with Gasteiger partial charge < -0.3 is 4.57 Å². The fourth-order valence-corrected chi connectivity index (χ4v) is 6.13. The lowest BCUT2D eigenvalue weighted by Crippen LogP contribution is -2.37. The molecule has 0 radical (unpaired) electrons. The maximum Gasteiger partial charge on any atom is 0.416 e. The Labute approximate surface area is 173 Å². The first kappa shape index (κ1) is 22.7. The van der Waals surface area contributed by atoms with E-state index in [0.717, 1.165) is 26.8 Å². The highest BCUT2D eigenvalue weighted by Gasteiger charge is 2.35. The van der Waals surface area contributed by atoms with E-state index in [1.807, 2.05) is 0 Å². The van der Waals surface area contributed by atoms with Crippen molar-refractivity contribution in [1.29, 1.82) is 0 Å². The fraction of sp³-hybridized carbons (Fsp3) is 0.471. The molecule has 2 heterocycles. The smallest absolute Gasteiger partial charge is 0.337 e. The van der Waals surface area contributed by atoms with Gasteiger partial charge in [0.2, 0.25) is 10.0 Å². The van der Waals surface area contributed by atoms with Gasteiger partial charge in [0.15, 0.2) is 5.03 Å². The summed E-state index contributed by atoms with van der Waals surface area (Å²) in [5.41, 5.74) is -1.06. The van der Waals surface area contributed by atoms with Crippen LogP contribution >= 0.6 is 0 Å². The number of hydrogen-bond acceptors (Lipinski definition) is 5. The van der Waals surface area contributed by atoms with Crippen molar-refractivity contribution in [2.75, 3.05) is 26.2 Å². The van der Waals surface area contributed by atoms with E-state index in [-0.39, 0.29) is 37.6 Å². The summed E-state index contributed by atoms with van der Waals surface area (Å²) in [6.07, 6.45) is -3.09. The summed E-state index contributed by atoms with van der Waals surface area (Å²) in [4.78, 5) is 3.55. The van der Waals surface area contributed by atoms with Crippen LogP contribution in [0.2, 0.25) is 0 Å². The number of nitrogens with zero attached hydrogens (tertiary/aromatic N) is 4. The van der Waals surface area contributed by atoms with Crippen molar-refractivity contribution >= 4 is 20.0 Å². The second-order valence-corrected chi connectivity index (χ2v) is 10.7. The van der Waals surface area contributed by atoms with Gasteiger partial charge in [0, 0.05) is 39.4 Å². The molecule has 1 aromatic carbocycles. The molecule has 2 aromatic rings. The fourth-order valence-electron chi connectivity index (χ4n) is 3.12. The molecule has 0 atom stereocenters. The van der Waals surface area contributed by atoms with Crippen LogP contribution in [0, 0.1) is 6.92 Å². The summed E-state index contributed by atoms with van der Waals surface area (Å²) in [7, 11) is -6.47. The molecule has 1 aromatic heterocycles. The molecule has 8 nitrogen and oxygen atoms in total. The number of hydrogen-bond donors (Lipinski definition) is 0. The average molecular weight is 467 g/mol. The monoisotopic (exact) mass is 466 g/mol. The molecule has 1 fully saturated rings. The predicted octanol–water partition coefficient (Wildman–Crippen LogP) is 1.83. The predicted molar refractivity (Wildman–Crippen MR) is 102 cm³/mol. The van der Waals surface area contributed by atoms with Crippen molar-refractivity contribution in [2.24, 2.45) is 7.05 Å². The summed E-state index contributed by atoms with van der Waals surface area (Å²) in [6, 6.07) is 3.52. The van der Waals surface area contributed by atoms with Crippen molar-refractivity contribution in [2.45, 2.75) is 29.4 Å². The molecule has 166 valence electrons. The van der Waals surface area contributed by atoms with Crippen LogP contribution in [0.4, 0.5) is 13.2 Å². The summed E-state index contributed by atoms with van der Waals surface area (Å²) in [6.45, 7) is 1.42. The minimum Gasteiger partial charge on any atom is -0.337 e. The highest BCUT2D eigenvalue weighted by Crippen LogP contribution is 2.31. The Morgan fingerprint density at radius 3 is 2.10 bits per heavy atom. The average Bonchev–Trinajstić information content (AvgIpc) is 2.87. The van der Waals surface area contributed by atoms with E-state index < -0.39 is 36.7 Å². The Hall–Kier alpha value is -1.96. The molecular weight excluding hydrogens is 445 g/mol. The van der Waals surface area contributed by atoms with Gasteiger partial charge in [-0.05, 0) is 31.5 Å². The molecule has 1 saturated heterocycles. The van der Waals surface area contributed by atoms with E-state index in [0.29, 0.717) is 11.9 Å². The zero-order valence-corrected chi connectivity index (χ0v) is 17.9. The largest absolute Gasteiger partial charge is 0.416 e. The van der Waals surface area contributed by atoms with Gasteiger partial charge in [0.1, 0.15) is 5.82 Å². The van der Waals surface area contributed by atoms with E-state index >= 15 is 0 Å². The number of alkyl halides is 3. The second kappa shape index (κ2) is 7.94. The summed E-state index contributed by atoms with van der Waals surface area (Å²) in [5, 5.41) is -0.128. The molecule has 0 amide bonds. The SMILES string of the molecule is Cc1nc(S(=O)(=O)N2CCCN(S(=O)(=O)c3cccc(C(F)(F)F)c3)CC2)cn1C. The Balaban J connectivity index is 1.82. The van der Waals surface area contributed by atoms with Gasteiger partial charge in [-0.1, -0.05) is 6.07 Å². The number of benzene rings is 1. The maximum atomic E-state index is 12.9. The number of sulfonamides is 2. The first-order chi connectivity index (χ1) is 13.8. The van der Waals surface area contributed by atoms with E-state index in [9.17, 15) is 30.0 Å². The normalized spacial score (nSPS) is 17.8. The van der Waals surface area contributed by atoms with Crippen LogP contribution in [-0.2, 0) is 33.3 Å². The molecule has 0 bridgehead atoms. The van der Waals surface area contributed by atoms with Gasteiger partial charge in [-0.15, -0.1) is 0 Å². The van der Waals surface area contributed by atoms with Gasteiger partial charge >= 0.3 is 6.18 Å². The highest BCUT2D eigenvalue weighted by molar-refractivity contribution is 7.89. The quantitative estimate of drug-likeness (QED) is 0.686. The molecular formula is C17H21F3N4O4S2. The van der Waals surface area contributed by atoms with Crippen LogP contribution in [0.1, 0.15) is 17.8 Å². The van der Waals surface area contributed by atoms with Crippen molar-refractivity contribution < 1.29 is 30.0 Å². The molecule has 1 aliphatic heterocycles. The second-order valence-electron chi connectivity index (χ2n) is 6.92. The van der Waals surface area contributed by atoms with Crippen molar-refractivity contribution in [3.8, 4) is 0 Å².